The van der Waals surface area contributed by atoms with Gasteiger partial charge in [0.2, 0.25) is 5.13 Å². The third-order valence-electron chi connectivity index (χ3n) is 5.04. The van der Waals surface area contributed by atoms with E-state index in [2.05, 4.69) is 40.0 Å². The Hall–Kier alpha value is -2.67. The van der Waals surface area contributed by atoms with E-state index in [-0.39, 0.29) is 6.04 Å². The molecule has 0 unspecified atom stereocenters. The Morgan fingerprint density at radius 3 is 2.53 bits per heavy atom. The fourth-order valence-electron chi connectivity index (χ4n) is 3.49. The minimum absolute atomic E-state index is 0.0919. The van der Waals surface area contributed by atoms with Crippen molar-refractivity contribution in [2.24, 2.45) is 5.10 Å². The van der Waals surface area contributed by atoms with Gasteiger partial charge in [0.15, 0.2) is 0 Å². The fraction of sp³-hybridized carbons (Fsp3) is 0.130. The standard InChI is InChI=1S/C23H18ClN3OS2/c1-28-18-10-6-15(7-11-18)20-14-30-23(25-20)27-21(16-4-8-17(24)9-5-16)13-19(26-27)22-3-2-12-29-22/h2-12,14,21H,13H2,1H3/t21-/m1/s1. The molecular weight excluding hydrogens is 434 g/mol. The average Bonchev–Trinajstić information content (AvgIpc) is 3.54. The maximum absolute atomic E-state index is 6.11. The van der Waals surface area contributed by atoms with Crippen molar-refractivity contribution in [3.8, 4) is 17.0 Å². The smallest absolute Gasteiger partial charge is 0.207 e. The number of thiophene rings is 1. The lowest BCUT2D eigenvalue weighted by Gasteiger charge is -2.21. The molecule has 150 valence electrons. The normalized spacial score (nSPS) is 16.0. The van der Waals surface area contributed by atoms with Gasteiger partial charge >= 0.3 is 0 Å². The number of thiazole rings is 1. The van der Waals surface area contributed by atoms with Gasteiger partial charge < -0.3 is 4.74 Å². The number of halogens is 1. The minimum atomic E-state index is 0.0919. The number of ether oxygens (including phenoxy) is 1. The van der Waals surface area contributed by atoms with Crippen molar-refractivity contribution in [2.75, 3.05) is 12.1 Å². The SMILES string of the molecule is COc1ccc(-c2csc(N3N=C(c4cccs4)C[C@@H]3c3ccc(Cl)cc3)n2)cc1. The van der Waals surface area contributed by atoms with Crippen molar-refractivity contribution in [1.82, 2.24) is 4.98 Å². The Labute approximate surface area is 188 Å². The molecule has 0 bridgehead atoms. The van der Waals surface area contributed by atoms with E-state index in [1.165, 1.54) is 10.4 Å². The topological polar surface area (TPSA) is 37.7 Å². The van der Waals surface area contributed by atoms with Crippen molar-refractivity contribution in [2.45, 2.75) is 12.5 Å². The summed E-state index contributed by atoms with van der Waals surface area (Å²) in [5.41, 5.74) is 4.26. The molecule has 0 N–H and O–H groups in total. The van der Waals surface area contributed by atoms with Crippen LogP contribution >= 0.6 is 34.3 Å². The highest BCUT2D eigenvalue weighted by Gasteiger charge is 2.32. The predicted molar refractivity (Wildman–Crippen MR) is 126 cm³/mol. The second-order valence-electron chi connectivity index (χ2n) is 6.88. The van der Waals surface area contributed by atoms with Crippen molar-refractivity contribution in [3.63, 3.8) is 0 Å². The second-order valence-corrected chi connectivity index (χ2v) is 9.10. The molecule has 30 heavy (non-hydrogen) atoms. The Balaban J connectivity index is 1.50. The van der Waals surface area contributed by atoms with Gasteiger partial charge in [-0.15, -0.1) is 22.7 Å². The van der Waals surface area contributed by atoms with Crippen LogP contribution in [0.25, 0.3) is 11.3 Å². The molecule has 0 saturated heterocycles. The van der Waals surface area contributed by atoms with Crippen molar-refractivity contribution < 1.29 is 4.74 Å². The largest absolute Gasteiger partial charge is 0.497 e. The number of aromatic nitrogens is 1. The van der Waals surface area contributed by atoms with Crippen LogP contribution in [0.4, 0.5) is 5.13 Å². The van der Waals surface area contributed by atoms with Crippen molar-refractivity contribution in [3.05, 3.63) is 86.9 Å². The Morgan fingerprint density at radius 2 is 1.83 bits per heavy atom. The Kier molecular flexibility index (Phi) is 5.29. The monoisotopic (exact) mass is 451 g/mol. The van der Waals surface area contributed by atoms with Gasteiger partial charge in [0, 0.05) is 22.4 Å². The number of methoxy groups -OCH3 is 1. The number of anilines is 1. The third-order valence-corrected chi connectivity index (χ3v) is 7.05. The summed E-state index contributed by atoms with van der Waals surface area (Å²) in [6, 6.07) is 20.2. The zero-order valence-corrected chi connectivity index (χ0v) is 18.5. The van der Waals surface area contributed by atoms with Crippen molar-refractivity contribution >= 4 is 45.1 Å². The molecule has 1 aliphatic heterocycles. The quantitative estimate of drug-likeness (QED) is 0.331. The van der Waals surface area contributed by atoms with Crippen LogP contribution in [-0.4, -0.2) is 17.8 Å². The van der Waals surface area contributed by atoms with E-state index in [1.54, 1.807) is 29.8 Å². The zero-order valence-electron chi connectivity index (χ0n) is 16.2. The van der Waals surface area contributed by atoms with Crippen LogP contribution in [0.1, 0.15) is 22.9 Å². The molecule has 4 nitrogen and oxygen atoms in total. The van der Waals surface area contributed by atoms with Crippen LogP contribution < -0.4 is 9.75 Å². The summed E-state index contributed by atoms with van der Waals surface area (Å²) in [5, 5.41) is 12.8. The van der Waals surface area contributed by atoms with E-state index in [0.29, 0.717) is 0 Å². The second kappa shape index (κ2) is 8.22. The number of hydrazone groups is 1. The summed E-state index contributed by atoms with van der Waals surface area (Å²) < 4.78 is 5.26. The lowest BCUT2D eigenvalue weighted by Crippen LogP contribution is -2.18. The first kappa shape index (κ1) is 19.3. The lowest BCUT2D eigenvalue weighted by molar-refractivity contribution is 0.415. The van der Waals surface area contributed by atoms with E-state index in [1.807, 2.05) is 36.4 Å². The van der Waals surface area contributed by atoms with Crippen LogP contribution in [0.2, 0.25) is 5.02 Å². The van der Waals surface area contributed by atoms with Gasteiger partial charge in [-0.25, -0.2) is 9.99 Å². The van der Waals surface area contributed by atoms with Crippen LogP contribution in [-0.2, 0) is 0 Å². The molecule has 0 aliphatic carbocycles. The van der Waals surface area contributed by atoms with E-state index in [0.717, 1.165) is 39.3 Å². The summed E-state index contributed by atoms with van der Waals surface area (Å²) in [7, 11) is 1.67. The third kappa shape index (κ3) is 3.74. The van der Waals surface area contributed by atoms with Gasteiger partial charge in [-0.05, 0) is 53.4 Å². The number of rotatable bonds is 5. The molecule has 0 saturated carbocycles. The molecule has 7 heteroatoms. The molecule has 0 amide bonds. The molecule has 2 aromatic carbocycles. The predicted octanol–water partition coefficient (Wildman–Crippen LogP) is 6.89. The number of hydrogen-bond acceptors (Lipinski definition) is 6. The lowest BCUT2D eigenvalue weighted by atomic mass is 10.0. The van der Waals surface area contributed by atoms with E-state index < -0.39 is 0 Å². The van der Waals surface area contributed by atoms with Crippen LogP contribution in [0.15, 0.2) is 76.5 Å². The maximum atomic E-state index is 6.11. The molecule has 3 heterocycles. The van der Waals surface area contributed by atoms with E-state index in [4.69, 9.17) is 26.4 Å². The highest BCUT2D eigenvalue weighted by atomic mass is 35.5. The molecule has 1 atom stereocenters. The molecule has 0 radical (unpaired) electrons. The van der Waals surface area contributed by atoms with Crippen LogP contribution in [0.3, 0.4) is 0 Å². The van der Waals surface area contributed by atoms with Gasteiger partial charge in [-0.1, -0.05) is 29.8 Å². The zero-order chi connectivity index (χ0) is 20.5. The molecule has 0 spiro atoms. The highest BCUT2D eigenvalue weighted by molar-refractivity contribution is 7.14. The molecule has 4 aromatic rings. The minimum Gasteiger partial charge on any atom is -0.497 e. The fourth-order valence-corrected chi connectivity index (χ4v) is 5.17. The van der Waals surface area contributed by atoms with Gasteiger partial charge in [-0.2, -0.15) is 5.10 Å². The van der Waals surface area contributed by atoms with Crippen LogP contribution in [0.5, 0.6) is 5.75 Å². The Morgan fingerprint density at radius 1 is 1.03 bits per heavy atom. The van der Waals surface area contributed by atoms with Gasteiger partial charge in [0.05, 0.1) is 29.4 Å². The molecule has 5 rings (SSSR count). The maximum Gasteiger partial charge on any atom is 0.207 e. The van der Waals surface area contributed by atoms with Crippen molar-refractivity contribution in [1.29, 1.82) is 0 Å². The van der Waals surface area contributed by atoms with E-state index in [9.17, 15) is 0 Å². The summed E-state index contributed by atoms with van der Waals surface area (Å²) in [5.74, 6) is 0.835. The molecule has 1 aliphatic rings. The van der Waals surface area contributed by atoms with Gasteiger partial charge in [-0.3, -0.25) is 0 Å². The average molecular weight is 452 g/mol. The van der Waals surface area contributed by atoms with Crippen LogP contribution in [0, 0.1) is 0 Å². The Bertz CT molecular complexity index is 1170. The number of nitrogens with zero attached hydrogens (tertiary/aromatic N) is 3. The van der Waals surface area contributed by atoms with Gasteiger partial charge in [0.1, 0.15) is 5.75 Å². The highest BCUT2D eigenvalue weighted by Crippen LogP contribution is 2.40. The summed E-state index contributed by atoms with van der Waals surface area (Å²) in [6.45, 7) is 0. The first-order valence-corrected chi connectivity index (χ1v) is 11.6. The van der Waals surface area contributed by atoms with Gasteiger partial charge in [0.25, 0.3) is 0 Å². The van der Waals surface area contributed by atoms with E-state index >= 15 is 0 Å². The molecule has 2 aromatic heterocycles. The number of hydrogen-bond donors (Lipinski definition) is 0. The first-order chi connectivity index (χ1) is 14.7. The summed E-state index contributed by atoms with van der Waals surface area (Å²) in [6.07, 6.45) is 0.833. The molecule has 0 fully saturated rings. The number of benzene rings is 2. The molecular formula is C23H18ClN3OS2. The summed E-state index contributed by atoms with van der Waals surface area (Å²) >= 11 is 9.44. The summed E-state index contributed by atoms with van der Waals surface area (Å²) in [4.78, 5) is 6.10. The first-order valence-electron chi connectivity index (χ1n) is 9.47.